The summed E-state index contributed by atoms with van der Waals surface area (Å²) in [5, 5.41) is 17.2. The van der Waals surface area contributed by atoms with E-state index in [2.05, 4.69) is 27.0 Å². The van der Waals surface area contributed by atoms with Crippen molar-refractivity contribution in [3.63, 3.8) is 0 Å². The fourth-order valence-corrected chi connectivity index (χ4v) is 3.13. The van der Waals surface area contributed by atoms with Gasteiger partial charge in [-0.1, -0.05) is 18.2 Å². The number of benzene rings is 2. The Morgan fingerprint density at radius 1 is 0.941 bits per heavy atom. The van der Waals surface area contributed by atoms with Gasteiger partial charge in [-0.15, -0.1) is 0 Å². The zero-order chi connectivity index (χ0) is 24.9. The minimum atomic E-state index is -0.737. The zero-order valence-corrected chi connectivity index (χ0v) is 19.0. The molecule has 3 rings (SSSR count). The molecular weight excluding hydrogens is 432 g/mol. The topological polar surface area (TPSA) is 150 Å². The maximum Gasteiger partial charge on any atom is 0.317 e. The number of nitrogens with one attached hydrogen (secondary N) is 3. The van der Waals surface area contributed by atoms with Crippen molar-refractivity contribution in [2.24, 2.45) is 5.73 Å². The first-order valence-corrected chi connectivity index (χ1v) is 10.4. The van der Waals surface area contributed by atoms with Crippen LogP contribution in [-0.2, 0) is 5.41 Å². The minimum absolute atomic E-state index is 0.258. The number of urea groups is 1. The highest BCUT2D eigenvalue weighted by molar-refractivity contribution is 6.08. The molecular formula is C25H24N6O3. The van der Waals surface area contributed by atoms with Gasteiger partial charge < -0.3 is 16.4 Å². The molecule has 0 aliphatic heterocycles. The molecule has 0 aliphatic rings. The van der Waals surface area contributed by atoms with E-state index < -0.39 is 11.4 Å². The molecule has 0 radical (unpaired) electrons. The lowest BCUT2D eigenvalue weighted by Gasteiger charge is -2.16. The fraction of sp³-hybridized carbons (Fsp3) is 0.160. The maximum absolute atomic E-state index is 12.8. The number of hydrogen-bond donors (Lipinski definition) is 4. The second-order valence-corrected chi connectivity index (χ2v) is 8.18. The lowest BCUT2D eigenvalue weighted by molar-refractivity contribution is 0.101. The van der Waals surface area contributed by atoms with Gasteiger partial charge >= 0.3 is 6.03 Å². The third kappa shape index (κ3) is 5.75. The highest BCUT2D eigenvalue weighted by Gasteiger charge is 2.21. The number of nitrogens with two attached hydrogens (primary N) is 1. The molecule has 9 heteroatoms. The van der Waals surface area contributed by atoms with Crippen LogP contribution in [0.4, 0.5) is 22.0 Å². The molecule has 0 atom stereocenters. The molecule has 5 N–H and O–H groups in total. The molecule has 34 heavy (non-hydrogen) atoms. The second kappa shape index (κ2) is 9.83. The third-order valence-corrected chi connectivity index (χ3v) is 5.14. The van der Waals surface area contributed by atoms with Crippen LogP contribution in [-0.4, -0.2) is 22.8 Å². The average molecular weight is 457 g/mol. The first kappa shape index (κ1) is 23.9. The van der Waals surface area contributed by atoms with E-state index in [0.717, 1.165) is 5.56 Å². The number of carbonyl (C=O) groups excluding carboxylic acids is 3. The highest BCUT2D eigenvalue weighted by Crippen LogP contribution is 2.24. The van der Waals surface area contributed by atoms with Gasteiger partial charge in [-0.3, -0.25) is 14.9 Å². The number of aryl methyl sites for hydroxylation is 1. The van der Waals surface area contributed by atoms with Gasteiger partial charge in [-0.2, -0.15) is 5.26 Å². The highest BCUT2D eigenvalue weighted by atomic mass is 16.2. The van der Waals surface area contributed by atoms with Crippen LogP contribution < -0.4 is 21.7 Å². The van der Waals surface area contributed by atoms with Gasteiger partial charge in [0.05, 0.1) is 23.4 Å². The van der Waals surface area contributed by atoms with E-state index in [1.807, 2.05) is 0 Å². The van der Waals surface area contributed by atoms with Crippen LogP contribution in [0.2, 0.25) is 0 Å². The van der Waals surface area contributed by atoms with Gasteiger partial charge in [0, 0.05) is 16.8 Å². The first-order chi connectivity index (χ1) is 16.1. The zero-order valence-electron chi connectivity index (χ0n) is 19.0. The van der Waals surface area contributed by atoms with Crippen molar-refractivity contribution < 1.29 is 14.4 Å². The summed E-state index contributed by atoms with van der Waals surface area (Å²) in [5.41, 5.74) is 7.42. The lowest BCUT2D eigenvalue weighted by atomic mass is 9.85. The quantitative estimate of drug-likeness (QED) is 0.439. The predicted octanol–water partition coefficient (Wildman–Crippen LogP) is 4.19. The SMILES string of the molecule is Cc1ccc(NC(=O)c2cccc(C(C)(C)C#N)c2)cc1C(=O)Nc1ccc(NC(N)=O)nc1. The van der Waals surface area contributed by atoms with E-state index in [9.17, 15) is 19.6 Å². The number of aromatic nitrogens is 1. The van der Waals surface area contributed by atoms with Crippen LogP contribution in [0.15, 0.2) is 60.8 Å². The number of carbonyl (C=O) groups is 3. The Hall–Kier alpha value is -4.71. The molecule has 2 aromatic carbocycles. The van der Waals surface area contributed by atoms with Gasteiger partial charge in [-0.05, 0) is 68.3 Å². The van der Waals surface area contributed by atoms with Gasteiger partial charge in [-0.25, -0.2) is 9.78 Å². The molecule has 0 bridgehead atoms. The van der Waals surface area contributed by atoms with E-state index in [0.29, 0.717) is 28.1 Å². The van der Waals surface area contributed by atoms with Gasteiger partial charge in [0.25, 0.3) is 11.8 Å². The van der Waals surface area contributed by atoms with Crippen LogP contribution >= 0.6 is 0 Å². The number of amides is 4. The Morgan fingerprint density at radius 2 is 1.65 bits per heavy atom. The average Bonchev–Trinajstić information content (AvgIpc) is 2.81. The Balaban J connectivity index is 1.75. The summed E-state index contributed by atoms with van der Waals surface area (Å²) < 4.78 is 0. The van der Waals surface area contributed by atoms with Crippen LogP contribution in [0.3, 0.4) is 0 Å². The monoisotopic (exact) mass is 456 g/mol. The molecule has 0 unspecified atom stereocenters. The summed E-state index contributed by atoms with van der Waals surface area (Å²) in [7, 11) is 0. The van der Waals surface area contributed by atoms with Crippen molar-refractivity contribution in [2.75, 3.05) is 16.0 Å². The van der Waals surface area contributed by atoms with E-state index in [1.165, 1.54) is 12.3 Å². The van der Waals surface area contributed by atoms with Crippen LogP contribution in [0.25, 0.3) is 0 Å². The maximum atomic E-state index is 12.8. The molecule has 0 fully saturated rings. The number of hydrogen-bond acceptors (Lipinski definition) is 5. The number of nitrogens with zero attached hydrogens (tertiary/aromatic N) is 2. The van der Waals surface area contributed by atoms with Gasteiger partial charge in [0.15, 0.2) is 0 Å². The van der Waals surface area contributed by atoms with Crippen molar-refractivity contribution >= 4 is 35.0 Å². The second-order valence-electron chi connectivity index (χ2n) is 8.18. The van der Waals surface area contributed by atoms with Crippen molar-refractivity contribution in [1.82, 2.24) is 4.98 Å². The van der Waals surface area contributed by atoms with E-state index >= 15 is 0 Å². The molecule has 1 aromatic heterocycles. The van der Waals surface area contributed by atoms with Crippen LogP contribution in [0.5, 0.6) is 0 Å². The molecule has 0 aliphatic carbocycles. The largest absolute Gasteiger partial charge is 0.351 e. The summed E-state index contributed by atoms with van der Waals surface area (Å²) >= 11 is 0. The van der Waals surface area contributed by atoms with Crippen LogP contribution in [0, 0.1) is 18.3 Å². The molecule has 3 aromatic rings. The molecule has 0 saturated heterocycles. The summed E-state index contributed by atoms with van der Waals surface area (Å²) in [5.74, 6) is -0.482. The fourth-order valence-electron chi connectivity index (χ4n) is 3.13. The number of anilines is 3. The lowest BCUT2D eigenvalue weighted by Crippen LogP contribution is -2.20. The number of nitriles is 1. The number of pyridine rings is 1. The third-order valence-electron chi connectivity index (χ3n) is 5.14. The van der Waals surface area contributed by atoms with Crippen LogP contribution in [0.1, 0.15) is 45.7 Å². The molecule has 1 heterocycles. The van der Waals surface area contributed by atoms with Gasteiger partial charge in [0.2, 0.25) is 0 Å². The number of primary amides is 1. The minimum Gasteiger partial charge on any atom is -0.351 e. The van der Waals surface area contributed by atoms with E-state index in [4.69, 9.17) is 5.73 Å². The smallest absolute Gasteiger partial charge is 0.317 e. The summed E-state index contributed by atoms with van der Waals surface area (Å²) in [6.07, 6.45) is 1.39. The number of rotatable bonds is 6. The Kier molecular flexibility index (Phi) is 6.92. The molecule has 4 amide bonds. The van der Waals surface area contributed by atoms with Crippen molar-refractivity contribution in [3.8, 4) is 6.07 Å². The summed E-state index contributed by atoms with van der Waals surface area (Å²) in [4.78, 5) is 40.5. The molecule has 0 spiro atoms. The molecule has 172 valence electrons. The first-order valence-electron chi connectivity index (χ1n) is 10.4. The normalized spacial score (nSPS) is 10.6. The predicted molar refractivity (Wildman–Crippen MR) is 130 cm³/mol. The summed E-state index contributed by atoms with van der Waals surface area (Å²) in [6.45, 7) is 5.35. The molecule has 0 saturated carbocycles. The standard InChI is InChI=1S/C25H24N6O3/c1-15-7-8-18(29-22(32)16-5-4-6-17(11-16)25(2,3)14-26)12-20(15)23(33)30-19-9-10-21(28-13-19)31-24(27)34/h4-13H,1-3H3,(H,29,32)(H,30,33)(H3,27,28,31,34). The van der Waals surface area contributed by atoms with Gasteiger partial charge in [0.1, 0.15) is 5.82 Å². The Labute approximate surface area is 197 Å². The van der Waals surface area contributed by atoms with E-state index in [1.54, 1.807) is 69.3 Å². The Morgan fingerprint density at radius 3 is 2.29 bits per heavy atom. The van der Waals surface area contributed by atoms with Crippen molar-refractivity contribution in [3.05, 3.63) is 83.0 Å². The molecule has 9 nitrogen and oxygen atoms in total. The Bertz CT molecular complexity index is 1290. The van der Waals surface area contributed by atoms with Crippen molar-refractivity contribution in [2.45, 2.75) is 26.2 Å². The van der Waals surface area contributed by atoms with E-state index in [-0.39, 0.29) is 17.6 Å². The van der Waals surface area contributed by atoms with Crippen molar-refractivity contribution in [1.29, 1.82) is 5.26 Å². The summed E-state index contributed by atoms with van der Waals surface area (Å²) in [6, 6.07) is 16.5.